The monoisotopic (exact) mass is 536 g/mol. The van der Waals surface area contributed by atoms with Gasteiger partial charge in [0, 0.05) is 0 Å². The SMILES string of the molecule is CCCCCCCCCCCCCCCCCCCCCCC/C=C/CCC(CC(=O)O)C(=O)OCCC. The molecule has 0 amide bonds. The molecule has 4 nitrogen and oxygen atoms in total. The van der Waals surface area contributed by atoms with Crippen molar-refractivity contribution in [2.45, 2.75) is 181 Å². The summed E-state index contributed by atoms with van der Waals surface area (Å²) < 4.78 is 5.14. The van der Waals surface area contributed by atoms with Crippen molar-refractivity contribution in [1.82, 2.24) is 0 Å². The number of allylic oxidation sites excluding steroid dienone is 2. The number of hydrogen-bond acceptors (Lipinski definition) is 3. The molecule has 0 heterocycles. The molecule has 0 fully saturated rings. The number of carboxylic acids is 1. The normalized spacial score (nSPS) is 12.3. The summed E-state index contributed by atoms with van der Waals surface area (Å²) in [6.45, 7) is 4.59. The van der Waals surface area contributed by atoms with Crippen molar-refractivity contribution < 1.29 is 19.4 Å². The number of rotatable bonds is 30. The lowest BCUT2D eigenvalue weighted by Gasteiger charge is -2.12. The Labute approximate surface area is 236 Å². The third-order valence-electron chi connectivity index (χ3n) is 7.53. The molecule has 1 unspecified atom stereocenters. The first kappa shape index (κ1) is 36.7. The van der Waals surface area contributed by atoms with Crippen LogP contribution < -0.4 is 0 Å². The predicted octanol–water partition coefficient (Wildman–Crippen LogP) is 11.0. The fourth-order valence-electron chi connectivity index (χ4n) is 5.06. The van der Waals surface area contributed by atoms with Gasteiger partial charge in [-0.3, -0.25) is 9.59 Å². The highest BCUT2D eigenvalue weighted by Crippen LogP contribution is 2.17. The van der Waals surface area contributed by atoms with Crippen LogP contribution in [-0.4, -0.2) is 23.7 Å². The average Bonchev–Trinajstić information content (AvgIpc) is 2.90. The third kappa shape index (κ3) is 27.7. The average molecular weight is 537 g/mol. The minimum Gasteiger partial charge on any atom is -0.481 e. The third-order valence-corrected chi connectivity index (χ3v) is 7.53. The van der Waals surface area contributed by atoms with Crippen LogP contribution in [0.2, 0.25) is 0 Å². The van der Waals surface area contributed by atoms with E-state index in [-0.39, 0.29) is 12.4 Å². The Morgan fingerprint density at radius 2 is 0.974 bits per heavy atom. The van der Waals surface area contributed by atoms with E-state index in [0.717, 1.165) is 19.3 Å². The summed E-state index contributed by atoms with van der Waals surface area (Å²) in [5.41, 5.74) is 0. The largest absolute Gasteiger partial charge is 0.481 e. The zero-order valence-corrected chi connectivity index (χ0v) is 25.5. The maximum Gasteiger partial charge on any atom is 0.309 e. The van der Waals surface area contributed by atoms with Gasteiger partial charge in [-0.15, -0.1) is 0 Å². The Morgan fingerprint density at radius 1 is 0.579 bits per heavy atom. The molecule has 38 heavy (non-hydrogen) atoms. The molecule has 0 aromatic heterocycles. The van der Waals surface area contributed by atoms with E-state index in [4.69, 9.17) is 9.84 Å². The molecule has 0 radical (unpaired) electrons. The van der Waals surface area contributed by atoms with Gasteiger partial charge in [0.25, 0.3) is 0 Å². The fraction of sp³-hybridized carbons (Fsp3) is 0.882. The van der Waals surface area contributed by atoms with Crippen LogP contribution in [-0.2, 0) is 14.3 Å². The minimum atomic E-state index is -0.938. The number of ether oxygens (including phenoxy) is 1. The zero-order chi connectivity index (χ0) is 27.9. The van der Waals surface area contributed by atoms with Gasteiger partial charge in [-0.2, -0.15) is 0 Å². The minimum absolute atomic E-state index is 0.143. The van der Waals surface area contributed by atoms with Crippen LogP contribution in [0.3, 0.4) is 0 Å². The molecule has 0 saturated carbocycles. The second kappa shape index (κ2) is 30.2. The van der Waals surface area contributed by atoms with Crippen LogP contribution >= 0.6 is 0 Å². The van der Waals surface area contributed by atoms with Gasteiger partial charge < -0.3 is 9.84 Å². The highest BCUT2D eigenvalue weighted by Gasteiger charge is 2.22. The molecule has 0 saturated heterocycles. The van der Waals surface area contributed by atoms with Crippen molar-refractivity contribution in [3.05, 3.63) is 12.2 Å². The summed E-state index contributed by atoms with van der Waals surface area (Å²) in [4.78, 5) is 23.0. The zero-order valence-electron chi connectivity index (χ0n) is 25.5. The van der Waals surface area contributed by atoms with Crippen LogP contribution in [0.4, 0.5) is 0 Å². The van der Waals surface area contributed by atoms with Gasteiger partial charge in [0.05, 0.1) is 18.9 Å². The Morgan fingerprint density at radius 3 is 1.37 bits per heavy atom. The van der Waals surface area contributed by atoms with E-state index in [1.807, 2.05) is 6.92 Å². The Bertz CT molecular complexity index is 543. The molecule has 0 bridgehead atoms. The van der Waals surface area contributed by atoms with E-state index in [0.29, 0.717) is 13.0 Å². The van der Waals surface area contributed by atoms with E-state index in [9.17, 15) is 9.59 Å². The maximum absolute atomic E-state index is 12.0. The topological polar surface area (TPSA) is 63.6 Å². The van der Waals surface area contributed by atoms with Gasteiger partial charge in [0.1, 0.15) is 0 Å². The molecule has 224 valence electrons. The predicted molar refractivity (Wildman–Crippen MR) is 163 cm³/mol. The molecule has 0 aromatic rings. The molecular formula is C34H64O4. The number of unbranched alkanes of at least 4 members (excludes halogenated alkanes) is 21. The quantitative estimate of drug-likeness (QED) is 0.0563. The summed E-state index contributed by atoms with van der Waals surface area (Å²) in [6.07, 6.45) is 36.8. The fourth-order valence-corrected chi connectivity index (χ4v) is 5.06. The van der Waals surface area contributed by atoms with Crippen molar-refractivity contribution >= 4 is 11.9 Å². The van der Waals surface area contributed by atoms with E-state index < -0.39 is 11.9 Å². The maximum atomic E-state index is 12.0. The summed E-state index contributed by atoms with van der Waals surface area (Å²) in [5, 5.41) is 9.02. The summed E-state index contributed by atoms with van der Waals surface area (Å²) in [7, 11) is 0. The summed E-state index contributed by atoms with van der Waals surface area (Å²) in [5.74, 6) is -1.84. The van der Waals surface area contributed by atoms with E-state index in [1.165, 1.54) is 135 Å². The summed E-state index contributed by atoms with van der Waals surface area (Å²) in [6, 6.07) is 0. The highest BCUT2D eigenvalue weighted by molar-refractivity contribution is 5.79. The van der Waals surface area contributed by atoms with Gasteiger partial charge in [0.15, 0.2) is 0 Å². The van der Waals surface area contributed by atoms with E-state index >= 15 is 0 Å². The van der Waals surface area contributed by atoms with Crippen molar-refractivity contribution in [3.8, 4) is 0 Å². The summed E-state index contributed by atoms with van der Waals surface area (Å²) >= 11 is 0. The Balaban J connectivity index is 3.38. The number of carboxylic acid groups (broad SMARTS) is 1. The smallest absolute Gasteiger partial charge is 0.309 e. The van der Waals surface area contributed by atoms with Crippen LogP contribution in [0.5, 0.6) is 0 Å². The van der Waals surface area contributed by atoms with Crippen molar-refractivity contribution in [2.75, 3.05) is 6.61 Å². The number of carbonyl (C=O) groups excluding carboxylic acids is 1. The molecule has 0 rings (SSSR count). The first-order valence-corrected chi connectivity index (χ1v) is 16.6. The highest BCUT2D eigenvalue weighted by atomic mass is 16.5. The lowest BCUT2D eigenvalue weighted by molar-refractivity contribution is -0.153. The Hall–Kier alpha value is -1.32. The molecule has 1 N–H and O–H groups in total. The molecule has 4 heteroatoms. The second-order valence-corrected chi connectivity index (χ2v) is 11.4. The number of carbonyl (C=O) groups is 2. The lowest BCUT2D eigenvalue weighted by atomic mass is 9.99. The first-order valence-electron chi connectivity index (χ1n) is 16.6. The first-order chi connectivity index (χ1) is 18.6. The molecule has 0 spiro atoms. The molecule has 0 aliphatic heterocycles. The van der Waals surface area contributed by atoms with Gasteiger partial charge >= 0.3 is 11.9 Å². The van der Waals surface area contributed by atoms with Crippen LogP contribution in [0.15, 0.2) is 12.2 Å². The number of aliphatic carboxylic acids is 1. The Kier molecular flexibility index (Phi) is 29.2. The molecule has 0 aliphatic rings. The van der Waals surface area contributed by atoms with Crippen LogP contribution in [0.25, 0.3) is 0 Å². The van der Waals surface area contributed by atoms with Gasteiger partial charge in [0.2, 0.25) is 0 Å². The van der Waals surface area contributed by atoms with Gasteiger partial charge in [-0.25, -0.2) is 0 Å². The van der Waals surface area contributed by atoms with Crippen molar-refractivity contribution in [2.24, 2.45) is 5.92 Å². The molecular weight excluding hydrogens is 472 g/mol. The number of esters is 1. The van der Waals surface area contributed by atoms with E-state index in [1.54, 1.807) is 0 Å². The van der Waals surface area contributed by atoms with Crippen molar-refractivity contribution in [3.63, 3.8) is 0 Å². The van der Waals surface area contributed by atoms with Crippen LogP contribution in [0, 0.1) is 5.92 Å². The molecule has 0 aromatic carbocycles. The lowest BCUT2D eigenvalue weighted by Crippen LogP contribution is -2.21. The molecule has 0 aliphatic carbocycles. The number of hydrogen-bond donors (Lipinski definition) is 1. The van der Waals surface area contributed by atoms with Crippen LogP contribution in [0.1, 0.15) is 181 Å². The second-order valence-electron chi connectivity index (χ2n) is 11.4. The van der Waals surface area contributed by atoms with Crippen molar-refractivity contribution in [1.29, 1.82) is 0 Å². The van der Waals surface area contributed by atoms with Gasteiger partial charge in [-0.05, 0) is 32.1 Å². The molecule has 1 atom stereocenters. The van der Waals surface area contributed by atoms with E-state index in [2.05, 4.69) is 19.1 Å². The standard InChI is InChI=1S/C34H64O4/c1-3-5-6-7-8-9-10-11-12-13-14-15-16-17-18-19-20-21-22-23-24-25-26-27-28-29-32(31-33(35)36)34(37)38-30-4-2/h26-27,32H,3-25,28-31H2,1-2H3,(H,35,36)/b27-26+. The van der Waals surface area contributed by atoms with Gasteiger partial charge in [-0.1, -0.05) is 154 Å².